The Bertz CT molecular complexity index is 946. The van der Waals surface area contributed by atoms with Crippen LogP contribution in [0.5, 0.6) is 5.75 Å². The number of fused-ring (bicyclic) bond motifs is 1. The van der Waals surface area contributed by atoms with Crippen LogP contribution in [0, 0.1) is 0 Å². The van der Waals surface area contributed by atoms with E-state index in [-0.39, 0.29) is 5.75 Å². The molecule has 112 valence electrons. The molecular weight excluding hydrogens is 288 g/mol. The highest BCUT2D eigenvalue weighted by Gasteiger charge is 2.08. The Morgan fingerprint density at radius 2 is 1.83 bits per heavy atom. The van der Waals surface area contributed by atoms with Gasteiger partial charge in [-0.1, -0.05) is 12.1 Å². The van der Waals surface area contributed by atoms with Crippen molar-refractivity contribution in [3.8, 4) is 17.0 Å². The number of rotatable bonds is 3. The predicted molar refractivity (Wildman–Crippen MR) is 87.1 cm³/mol. The minimum atomic E-state index is 0.267. The fourth-order valence-corrected chi connectivity index (χ4v) is 2.53. The van der Waals surface area contributed by atoms with Gasteiger partial charge in [0, 0.05) is 24.4 Å². The van der Waals surface area contributed by atoms with Crippen LogP contribution in [0.2, 0.25) is 0 Å². The lowest BCUT2D eigenvalue weighted by Crippen LogP contribution is -2.00. The zero-order chi connectivity index (χ0) is 15.6. The maximum absolute atomic E-state index is 9.38. The number of benzene rings is 1. The summed E-state index contributed by atoms with van der Waals surface area (Å²) in [5.41, 5.74) is 4.73. The van der Waals surface area contributed by atoms with Gasteiger partial charge in [-0.15, -0.1) is 0 Å². The first-order valence-corrected chi connectivity index (χ1v) is 7.31. The van der Waals surface area contributed by atoms with Crippen molar-refractivity contribution in [2.75, 3.05) is 0 Å². The van der Waals surface area contributed by atoms with E-state index in [0.29, 0.717) is 6.42 Å². The normalized spacial score (nSPS) is 11.0. The van der Waals surface area contributed by atoms with Gasteiger partial charge in [-0.2, -0.15) is 5.10 Å². The highest BCUT2D eigenvalue weighted by Crippen LogP contribution is 2.18. The van der Waals surface area contributed by atoms with Gasteiger partial charge in [0.25, 0.3) is 0 Å². The molecule has 4 rings (SSSR count). The summed E-state index contributed by atoms with van der Waals surface area (Å²) < 4.78 is 1.86. The molecule has 0 bridgehead atoms. The number of aromatic hydroxyl groups is 1. The number of imidazole rings is 1. The molecule has 0 fully saturated rings. The van der Waals surface area contributed by atoms with Crippen LogP contribution in [0.25, 0.3) is 16.9 Å². The van der Waals surface area contributed by atoms with Crippen LogP contribution in [0.1, 0.15) is 11.3 Å². The Morgan fingerprint density at radius 1 is 0.957 bits per heavy atom. The number of hydrogen-bond acceptors (Lipinski definition) is 4. The number of pyridine rings is 1. The maximum atomic E-state index is 9.38. The Kier molecular flexibility index (Phi) is 3.24. The lowest BCUT2D eigenvalue weighted by molar-refractivity contribution is 0.475. The van der Waals surface area contributed by atoms with E-state index in [1.807, 2.05) is 47.1 Å². The standard InChI is InChI=1S/C18H14N4O/c23-16-5-3-13(4-6-16)10-15-12-20-18-8-7-17(21-22(15)18)14-2-1-9-19-11-14/h1-9,11-12,23H,10H2. The Balaban J connectivity index is 1.74. The van der Waals surface area contributed by atoms with Gasteiger partial charge in [-0.25, -0.2) is 9.50 Å². The summed E-state index contributed by atoms with van der Waals surface area (Å²) >= 11 is 0. The molecule has 0 radical (unpaired) electrons. The minimum Gasteiger partial charge on any atom is -0.508 e. The number of nitrogens with zero attached hydrogens (tertiary/aromatic N) is 4. The summed E-state index contributed by atoms with van der Waals surface area (Å²) in [7, 11) is 0. The number of aromatic nitrogens is 4. The first kappa shape index (κ1) is 13.5. The van der Waals surface area contributed by atoms with Gasteiger partial charge in [0.05, 0.1) is 17.6 Å². The molecule has 5 nitrogen and oxygen atoms in total. The van der Waals surface area contributed by atoms with Crippen molar-refractivity contribution in [2.45, 2.75) is 6.42 Å². The van der Waals surface area contributed by atoms with Crippen molar-refractivity contribution in [2.24, 2.45) is 0 Å². The highest BCUT2D eigenvalue weighted by molar-refractivity contribution is 5.59. The van der Waals surface area contributed by atoms with Gasteiger partial charge in [-0.3, -0.25) is 4.98 Å². The molecule has 4 aromatic rings. The van der Waals surface area contributed by atoms with E-state index in [9.17, 15) is 5.11 Å². The quantitative estimate of drug-likeness (QED) is 0.631. The van der Waals surface area contributed by atoms with Crippen molar-refractivity contribution < 1.29 is 5.11 Å². The van der Waals surface area contributed by atoms with Gasteiger partial charge in [0.1, 0.15) is 5.75 Å². The zero-order valence-electron chi connectivity index (χ0n) is 12.3. The monoisotopic (exact) mass is 302 g/mol. The fourth-order valence-electron chi connectivity index (χ4n) is 2.53. The summed E-state index contributed by atoms with van der Waals surface area (Å²) in [6.45, 7) is 0. The Hall–Kier alpha value is -3.21. The summed E-state index contributed by atoms with van der Waals surface area (Å²) in [4.78, 5) is 8.54. The smallest absolute Gasteiger partial charge is 0.153 e. The molecule has 0 amide bonds. The van der Waals surface area contributed by atoms with Crippen molar-refractivity contribution in [1.29, 1.82) is 0 Å². The molecule has 0 saturated heterocycles. The van der Waals surface area contributed by atoms with Gasteiger partial charge in [0.15, 0.2) is 5.65 Å². The third-order valence-electron chi connectivity index (χ3n) is 3.71. The summed E-state index contributed by atoms with van der Waals surface area (Å²) in [6.07, 6.45) is 6.08. The van der Waals surface area contributed by atoms with Crippen molar-refractivity contribution >= 4 is 5.65 Å². The van der Waals surface area contributed by atoms with E-state index in [0.717, 1.165) is 28.2 Å². The second kappa shape index (κ2) is 5.53. The van der Waals surface area contributed by atoms with E-state index in [1.54, 1.807) is 24.5 Å². The Morgan fingerprint density at radius 3 is 2.61 bits per heavy atom. The first-order valence-electron chi connectivity index (χ1n) is 7.31. The third kappa shape index (κ3) is 2.64. The molecule has 3 aromatic heterocycles. The molecule has 0 spiro atoms. The molecule has 23 heavy (non-hydrogen) atoms. The van der Waals surface area contributed by atoms with Crippen LogP contribution < -0.4 is 0 Å². The number of hydrogen-bond donors (Lipinski definition) is 1. The van der Waals surface area contributed by atoms with Gasteiger partial charge < -0.3 is 5.11 Å². The molecule has 0 aliphatic carbocycles. The minimum absolute atomic E-state index is 0.267. The molecule has 1 aromatic carbocycles. The molecule has 0 aliphatic rings. The van der Waals surface area contributed by atoms with E-state index < -0.39 is 0 Å². The predicted octanol–water partition coefficient (Wildman–Crippen LogP) is 3.09. The third-order valence-corrected chi connectivity index (χ3v) is 3.71. The molecule has 5 heteroatoms. The second-order valence-electron chi connectivity index (χ2n) is 5.32. The van der Waals surface area contributed by atoms with E-state index >= 15 is 0 Å². The van der Waals surface area contributed by atoms with Crippen LogP contribution in [0.15, 0.2) is 67.1 Å². The van der Waals surface area contributed by atoms with Crippen LogP contribution >= 0.6 is 0 Å². The topological polar surface area (TPSA) is 63.3 Å². The first-order chi connectivity index (χ1) is 11.3. The SMILES string of the molecule is Oc1ccc(Cc2cnc3ccc(-c4cccnc4)nn23)cc1. The number of phenols is 1. The largest absolute Gasteiger partial charge is 0.508 e. The van der Waals surface area contributed by atoms with Crippen LogP contribution in [-0.2, 0) is 6.42 Å². The highest BCUT2D eigenvalue weighted by atomic mass is 16.3. The fraction of sp³-hybridized carbons (Fsp3) is 0.0556. The van der Waals surface area contributed by atoms with Crippen LogP contribution in [-0.4, -0.2) is 24.7 Å². The molecule has 1 N–H and O–H groups in total. The molecule has 0 atom stereocenters. The lowest BCUT2D eigenvalue weighted by Gasteiger charge is -2.04. The van der Waals surface area contributed by atoms with Gasteiger partial charge in [0.2, 0.25) is 0 Å². The van der Waals surface area contributed by atoms with Crippen molar-refractivity contribution in [3.63, 3.8) is 0 Å². The Labute approximate surface area is 132 Å². The average Bonchev–Trinajstić information content (AvgIpc) is 3.00. The molecule has 0 aliphatic heterocycles. The van der Waals surface area contributed by atoms with Gasteiger partial charge >= 0.3 is 0 Å². The molecule has 0 saturated carbocycles. The van der Waals surface area contributed by atoms with Crippen molar-refractivity contribution in [1.82, 2.24) is 19.6 Å². The van der Waals surface area contributed by atoms with Crippen LogP contribution in [0.4, 0.5) is 0 Å². The summed E-state index contributed by atoms with van der Waals surface area (Å²) in [6, 6.07) is 15.0. The van der Waals surface area contributed by atoms with E-state index in [1.165, 1.54) is 0 Å². The molecule has 3 heterocycles. The molecular formula is C18H14N4O. The van der Waals surface area contributed by atoms with Gasteiger partial charge in [-0.05, 0) is 42.0 Å². The maximum Gasteiger partial charge on any atom is 0.153 e. The number of phenolic OH excluding ortho intramolecular Hbond substituents is 1. The zero-order valence-corrected chi connectivity index (χ0v) is 12.3. The van der Waals surface area contributed by atoms with E-state index in [2.05, 4.69) is 15.1 Å². The second-order valence-corrected chi connectivity index (χ2v) is 5.32. The average molecular weight is 302 g/mol. The summed E-state index contributed by atoms with van der Waals surface area (Å²) in [5, 5.41) is 14.1. The van der Waals surface area contributed by atoms with Crippen LogP contribution in [0.3, 0.4) is 0 Å². The molecule has 0 unspecified atom stereocenters. The van der Waals surface area contributed by atoms with Crippen molar-refractivity contribution in [3.05, 3.63) is 78.4 Å². The lowest BCUT2D eigenvalue weighted by atomic mass is 10.1. The summed E-state index contributed by atoms with van der Waals surface area (Å²) in [5.74, 6) is 0.267. The van der Waals surface area contributed by atoms with E-state index in [4.69, 9.17) is 0 Å².